The molecule has 2 aromatic heterocycles. The molecule has 0 spiro atoms. The molecule has 2 aromatic rings. The van der Waals surface area contributed by atoms with E-state index in [1.165, 1.54) is 11.5 Å². The second-order valence-electron chi connectivity index (χ2n) is 5.63. The molecule has 0 aliphatic rings. The van der Waals surface area contributed by atoms with Gasteiger partial charge in [-0.1, -0.05) is 20.8 Å². The van der Waals surface area contributed by atoms with Crippen LogP contribution in [0.2, 0.25) is 0 Å². The highest BCUT2D eigenvalue weighted by atomic mass is 32.1. The third-order valence-corrected chi connectivity index (χ3v) is 4.29. The van der Waals surface area contributed by atoms with Gasteiger partial charge < -0.3 is 4.90 Å². The highest BCUT2D eigenvalue weighted by Crippen LogP contribution is 2.31. The first-order valence-electron chi connectivity index (χ1n) is 6.14. The fourth-order valence-corrected chi connectivity index (χ4v) is 3.13. The lowest BCUT2D eigenvalue weighted by Crippen LogP contribution is -2.18. The van der Waals surface area contributed by atoms with Gasteiger partial charge in [-0.3, -0.25) is 0 Å². The summed E-state index contributed by atoms with van der Waals surface area (Å²) >= 11 is 2.23. The summed E-state index contributed by atoms with van der Waals surface area (Å²) < 4.78 is 41.8. The summed E-state index contributed by atoms with van der Waals surface area (Å²) in [4.78, 5) is 9.79. The van der Waals surface area contributed by atoms with Crippen molar-refractivity contribution in [3.8, 4) is 0 Å². The molecule has 0 fully saturated rings. The number of hydrogen-bond acceptors (Lipinski definition) is 6. The minimum absolute atomic E-state index is 0.153. The number of rotatable bonds is 3. The normalized spacial score (nSPS) is 12.7. The van der Waals surface area contributed by atoms with E-state index in [2.05, 4.69) is 14.3 Å². The van der Waals surface area contributed by atoms with E-state index in [9.17, 15) is 13.2 Å². The molecule has 0 unspecified atom stereocenters. The van der Waals surface area contributed by atoms with Crippen LogP contribution in [0.15, 0.2) is 5.38 Å². The van der Waals surface area contributed by atoms with E-state index < -0.39 is 11.9 Å². The Morgan fingerprint density at radius 1 is 1.19 bits per heavy atom. The quantitative estimate of drug-likeness (QED) is 0.851. The van der Waals surface area contributed by atoms with Gasteiger partial charge in [0, 0.05) is 29.4 Å². The Morgan fingerprint density at radius 3 is 2.33 bits per heavy atom. The highest BCUT2D eigenvalue weighted by molar-refractivity contribution is 7.10. The molecule has 0 amide bonds. The molecule has 0 aromatic carbocycles. The number of thiazole rings is 1. The Balaban J connectivity index is 2.09. The van der Waals surface area contributed by atoms with Gasteiger partial charge in [-0.15, -0.1) is 11.3 Å². The van der Waals surface area contributed by atoms with E-state index >= 15 is 0 Å². The van der Waals surface area contributed by atoms with Crippen LogP contribution < -0.4 is 4.90 Å². The predicted molar refractivity (Wildman–Crippen MR) is 77.8 cm³/mol. The van der Waals surface area contributed by atoms with E-state index in [1.54, 1.807) is 11.9 Å². The first-order valence-corrected chi connectivity index (χ1v) is 7.79. The standard InChI is InChI=1S/C12H15F3N4S2/c1-11(2,3)9-17-10(21-18-9)19(4)5-8-16-7(6-20-8)12(13,14)15/h6H,5H2,1-4H3. The molecule has 0 aliphatic carbocycles. The zero-order valence-electron chi connectivity index (χ0n) is 12.0. The first-order chi connectivity index (χ1) is 9.57. The van der Waals surface area contributed by atoms with Gasteiger partial charge in [0.2, 0.25) is 5.13 Å². The van der Waals surface area contributed by atoms with E-state index in [4.69, 9.17) is 0 Å². The Hall–Kier alpha value is -1.22. The summed E-state index contributed by atoms with van der Waals surface area (Å²) in [5, 5.41) is 2.10. The molecule has 0 radical (unpaired) electrons. The van der Waals surface area contributed by atoms with Gasteiger partial charge in [-0.05, 0) is 0 Å². The fourth-order valence-electron chi connectivity index (χ4n) is 1.46. The molecule has 21 heavy (non-hydrogen) atoms. The van der Waals surface area contributed by atoms with Crippen LogP contribution in [0.4, 0.5) is 18.3 Å². The van der Waals surface area contributed by atoms with Crippen LogP contribution in [-0.2, 0) is 18.1 Å². The lowest BCUT2D eigenvalue weighted by atomic mass is 9.96. The van der Waals surface area contributed by atoms with Gasteiger partial charge in [0.1, 0.15) is 10.8 Å². The largest absolute Gasteiger partial charge is 0.434 e. The van der Waals surface area contributed by atoms with Crippen LogP contribution >= 0.6 is 22.9 Å². The summed E-state index contributed by atoms with van der Waals surface area (Å²) in [6.07, 6.45) is -4.39. The monoisotopic (exact) mass is 336 g/mol. The number of nitrogens with zero attached hydrogens (tertiary/aromatic N) is 4. The van der Waals surface area contributed by atoms with Crippen molar-refractivity contribution in [1.82, 2.24) is 14.3 Å². The van der Waals surface area contributed by atoms with E-state index in [0.29, 0.717) is 10.1 Å². The lowest BCUT2D eigenvalue weighted by molar-refractivity contribution is -0.140. The summed E-state index contributed by atoms with van der Waals surface area (Å²) in [5.41, 5.74) is -0.996. The van der Waals surface area contributed by atoms with Crippen molar-refractivity contribution in [2.24, 2.45) is 0 Å². The molecule has 0 N–H and O–H groups in total. The number of anilines is 1. The minimum Gasteiger partial charge on any atom is -0.343 e. The molecule has 2 rings (SSSR count). The van der Waals surface area contributed by atoms with Gasteiger partial charge >= 0.3 is 6.18 Å². The first kappa shape index (κ1) is 16.2. The summed E-state index contributed by atoms with van der Waals surface area (Å²) in [6.45, 7) is 6.30. The average Bonchev–Trinajstić information content (AvgIpc) is 2.94. The molecule has 0 bridgehead atoms. The van der Waals surface area contributed by atoms with Crippen molar-refractivity contribution in [1.29, 1.82) is 0 Å². The van der Waals surface area contributed by atoms with Gasteiger partial charge in [-0.25, -0.2) is 9.97 Å². The van der Waals surface area contributed by atoms with Crippen LogP contribution in [0.5, 0.6) is 0 Å². The number of aromatic nitrogens is 3. The maximum Gasteiger partial charge on any atom is 0.434 e. The third-order valence-electron chi connectivity index (χ3n) is 2.63. The van der Waals surface area contributed by atoms with Gasteiger partial charge in [0.15, 0.2) is 5.69 Å². The Morgan fingerprint density at radius 2 is 1.86 bits per heavy atom. The van der Waals surface area contributed by atoms with Crippen LogP contribution in [0, 0.1) is 0 Å². The molecule has 2 heterocycles. The molecule has 0 aliphatic heterocycles. The topological polar surface area (TPSA) is 41.9 Å². The SMILES string of the molecule is CN(Cc1nc(C(F)(F)F)cs1)c1nc(C(C)(C)C)ns1. The highest BCUT2D eigenvalue weighted by Gasteiger charge is 2.33. The molecule has 4 nitrogen and oxygen atoms in total. The van der Waals surface area contributed by atoms with Gasteiger partial charge in [0.05, 0.1) is 6.54 Å². The zero-order valence-corrected chi connectivity index (χ0v) is 13.7. The Labute approximate surface area is 128 Å². The van der Waals surface area contributed by atoms with Crippen LogP contribution in [0.3, 0.4) is 0 Å². The van der Waals surface area contributed by atoms with E-state index in [0.717, 1.165) is 22.5 Å². The number of halogens is 3. The predicted octanol–water partition coefficient (Wildman–Crippen LogP) is 3.95. The lowest BCUT2D eigenvalue weighted by Gasteiger charge is -2.15. The summed E-state index contributed by atoms with van der Waals surface area (Å²) in [6, 6.07) is 0. The molecule has 0 saturated heterocycles. The van der Waals surface area contributed by atoms with Crippen LogP contribution in [0.25, 0.3) is 0 Å². The Bertz CT molecular complexity index is 613. The van der Waals surface area contributed by atoms with Crippen molar-refractivity contribution in [2.75, 3.05) is 11.9 Å². The van der Waals surface area contributed by atoms with E-state index in [1.807, 2.05) is 20.8 Å². The Kier molecular flexibility index (Phi) is 4.25. The summed E-state index contributed by atoms with van der Waals surface area (Å²) in [5.74, 6) is 0.726. The zero-order chi connectivity index (χ0) is 15.8. The molecular weight excluding hydrogens is 321 g/mol. The fraction of sp³-hybridized carbons (Fsp3) is 0.583. The van der Waals surface area contributed by atoms with Crippen molar-refractivity contribution in [3.05, 3.63) is 21.9 Å². The van der Waals surface area contributed by atoms with Crippen molar-refractivity contribution < 1.29 is 13.2 Å². The third kappa shape index (κ3) is 3.91. The number of hydrogen-bond donors (Lipinski definition) is 0. The molecular formula is C12H15F3N4S2. The maximum atomic E-state index is 12.5. The van der Waals surface area contributed by atoms with Crippen molar-refractivity contribution in [2.45, 2.75) is 38.9 Å². The van der Waals surface area contributed by atoms with E-state index in [-0.39, 0.29) is 12.0 Å². The van der Waals surface area contributed by atoms with Crippen LogP contribution in [-0.4, -0.2) is 21.4 Å². The summed E-state index contributed by atoms with van der Waals surface area (Å²) in [7, 11) is 1.77. The van der Waals surface area contributed by atoms with Gasteiger partial charge in [0.25, 0.3) is 0 Å². The molecule has 0 atom stereocenters. The average molecular weight is 336 g/mol. The second-order valence-corrected chi connectivity index (χ2v) is 7.30. The maximum absolute atomic E-state index is 12.5. The minimum atomic E-state index is -4.39. The van der Waals surface area contributed by atoms with Crippen LogP contribution in [0.1, 0.15) is 37.3 Å². The van der Waals surface area contributed by atoms with Gasteiger partial charge in [-0.2, -0.15) is 17.5 Å². The number of alkyl halides is 3. The molecule has 9 heteroatoms. The smallest absolute Gasteiger partial charge is 0.343 e. The molecule has 0 saturated carbocycles. The second kappa shape index (κ2) is 5.53. The van der Waals surface area contributed by atoms with Crippen molar-refractivity contribution >= 4 is 28.0 Å². The van der Waals surface area contributed by atoms with Crippen molar-refractivity contribution in [3.63, 3.8) is 0 Å². The molecule has 116 valence electrons.